The molecule has 0 aromatic heterocycles. The second-order valence-corrected chi connectivity index (χ2v) is 11.6. The van der Waals surface area contributed by atoms with E-state index < -0.39 is 5.54 Å². The summed E-state index contributed by atoms with van der Waals surface area (Å²) in [6, 6.07) is 16.1. The normalized spacial score (nSPS) is 19.6. The van der Waals surface area contributed by atoms with E-state index in [-0.39, 0.29) is 17.8 Å². The topological polar surface area (TPSA) is 53.3 Å². The van der Waals surface area contributed by atoms with Gasteiger partial charge >= 0.3 is 0 Å². The molecule has 3 atom stereocenters. The quantitative estimate of drug-likeness (QED) is 0.225. The zero-order valence-electron chi connectivity index (χ0n) is 23.8. The number of nitrogens with two attached hydrogens (primary N) is 1. The molecule has 3 unspecified atom stereocenters. The number of nitrogens with zero attached hydrogens (tertiary/aromatic N) is 1. The molecule has 8 heteroatoms. The molecule has 0 spiro atoms. The molecule has 0 radical (unpaired) electrons. The maximum atomic E-state index is 14.8. The Morgan fingerprint density at radius 3 is 2.41 bits per heavy atom. The first kappa shape index (κ1) is 32.7. The van der Waals surface area contributed by atoms with Gasteiger partial charge in [-0.05, 0) is 92.5 Å². The molecule has 1 heterocycles. The molecule has 0 amide bonds. The number of anilines is 2. The summed E-state index contributed by atoms with van der Waals surface area (Å²) in [5.74, 6) is -0.329. The summed E-state index contributed by atoms with van der Waals surface area (Å²) < 4.78 is 14.8. The highest BCUT2D eigenvalue weighted by molar-refractivity contribution is 6.36. The van der Waals surface area contributed by atoms with Crippen molar-refractivity contribution in [1.82, 2.24) is 5.32 Å². The molecule has 0 bridgehead atoms. The van der Waals surface area contributed by atoms with Gasteiger partial charge in [-0.15, -0.1) is 0 Å². The van der Waals surface area contributed by atoms with E-state index in [1.54, 1.807) is 24.5 Å². The van der Waals surface area contributed by atoms with Crippen LogP contribution in [0.15, 0.2) is 92.4 Å². The Morgan fingerprint density at radius 1 is 1.15 bits per heavy atom. The molecule has 1 fully saturated rings. The van der Waals surface area contributed by atoms with Crippen molar-refractivity contribution in [2.45, 2.75) is 45.2 Å². The third-order valence-electron chi connectivity index (χ3n) is 7.14. The van der Waals surface area contributed by atoms with Crippen molar-refractivity contribution in [2.24, 2.45) is 11.7 Å². The van der Waals surface area contributed by atoms with Gasteiger partial charge in [0.1, 0.15) is 5.82 Å². The minimum atomic E-state index is -0.569. The average molecular weight is 616 g/mol. The van der Waals surface area contributed by atoms with E-state index >= 15 is 0 Å². The molecule has 1 aliphatic heterocycles. The number of hydrogen-bond donors (Lipinski definition) is 3. The fourth-order valence-electron chi connectivity index (χ4n) is 5.46. The van der Waals surface area contributed by atoms with Crippen molar-refractivity contribution in [3.05, 3.63) is 130 Å². The summed E-state index contributed by atoms with van der Waals surface area (Å²) in [7, 11) is 0. The van der Waals surface area contributed by atoms with E-state index in [1.165, 1.54) is 6.07 Å². The Bertz CT molecular complexity index is 1390. The lowest BCUT2D eigenvalue weighted by atomic mass is 9.83. The molecular weight excluding hydrogens is 578 g/mol. The van der Waals surface area contributed by atoms with E-state index in [2.05, 4.69) is 37.3 Å². The van der Waals surface area contributed by atoms with Crippen LogP contribution in [0.25, 0.3) is 0 Å². The first-order valence-corrected chi connectivity index (χ1v) is 14.6. The number of hydrogen-bond acceptors (Lipinski definition) is 4. The van der Waals surface area contributed by atoms with Gasteiger partial charge < -0.3 is 21.3 Å². The van der Waals surface area contributed by atoms with Crippen LogP contribution in [0.3, 0.4) is 0 Å². The van der Waals surface area contributed by atoms with Gasteiger partial charge in [0.2, 0.25) is 0 Å². The van der Waals surface area contributed by atoms with Gasteiger partial charge in [0.15, 0.2) is 0 Å². The molecule has 4 nitrogen and oxygen atoms in total. The van der Waals surface area contributed by atoms with Crippen molar-refractivity contribution >= 4 is 46.2 Å². The number of halogens is 4. The highest BCUT2D eigenvalue weighted by Gasteiger charge is 2.46. The van der Waals surface area contributed by atoms with E-state index in [0.29, 0.717) is 33.5 Å². The summed E-state index contributed by atoms with van der Waals surface area (Å²) in [6.45, 7) is 19.1. The minimum Gasteiger partial charge on any atom is -0.361 e. The largest absolute Gasteiger partial charge is 0.361 e. The van der Waals surface area contributed by atoms with Crippen LogP contribution < -0.4 is 21.3 Å². The molecule has 3 aromatic rings. The molecule has 4 N–H and O–H groups in total. The Kier molecular flexibility index (Phi) is 11.5. The fraction of sp³-hybridized carbons (Fsp3) is 0.273. The molecule has 0 aliphatic carbocycles. The lowest BCUT2D eigenvalue weighted by Crippen LogP contribution is -2.40. The maximum Gasteiger partial charge on any atom is 0.126 e. The first-order valence-electron chi connectivity index (χ1n) is 13.4. The SMILES string of the molecule is C=CNc1c(Cl)cc(Cl)cc1C1(C)CC(C(=C)N(C=C)c2cc(C)cc(Cl)c2)C(Cc2ccccc2F)N1.CCN. The van der Waals surface area contributed by atoms with Gasteiger partial charge in [-0.3, -0.25) is 0 Å². The molecule has 1 saturated heterocycles. The zero-order chi connectivity index (χ0) is 30.3. The van der Waals surface area contributed by atoms with E-state index in [0.717, 1.165) is 34.7 Å². The molecule has 218 valence electrons. The maximum absolute atomic E-state index is 14.8. The van der Waals surface area contributed by atoms with E-state index in [4.69, 9.17) is 40.5 Å². The molecular formula is C33H38Cl3FN4. The van der Waals surface area contributed by atoms with Crippen molar-refractivity contribution < 1.29 is 4.39 Å². The lowest BCUT2D eigenvalue weighted by Gasteiger charge is -2.30. The van der Waals surface area contributed by atoms with Crippen molar-refractivity contribution in [3.63, 3.8) is 0 Å². The highest BCUT2D eigenvalue weighted by Crippen LogP contribution is 2.47. The molecule has 0 saturated carbocycles. The summed E-state index contributed by atoms with van der Waals surface area (Å²) in [4.78, 5) is 1.96. The number of nitrogens with one attached hydrogen (secondary N) is 2. The van der Waals surface area contributed by atoms with E-state index in [1.807, 2.05) is 55.1 Å². The summed E-state index contributed by atoms with van der Waals surface area (Å²) in [6.07, 6.45) is 4.44. The Morgan fingerprint density at radius 2 is 1.80 bits per heavy atom. The van der Waals surface area contributed by atoms with Crippen LogP contribution in [-0.4, -0.2) is 12.6 Å². The third kappa shape index (κ3) is 7.73. The Labute approximate surface area is 258 Å². The van der Waals surface area contributed by atoms with Gasteiger partial charge in [0.05, 0.1) is 10.7 Å². The summed E-state index contributed by atoms with van der Waals surface area (Å²) in [5.41, 5.74) is 9.25. The third-order valence-corrected chi connectivity index (χ3v) is 7.87. The molecule has 41 heavy (non-hydrogen) atoms. The minimum absolute atomic E-state index is 0.0915. The summed E-state index contributed by atoms with van der Waals surface area (Å²) >= 11 is 19.4. The van der Waals surface area contributed by atoms with Crippen LogP contribution in [0.2, 0.25) is 15.1 Å². The van der Waals surface area contributed by atoms with Crippen LogP contribution in [-0.2, 0) is 12.0 Å². The van der Waals surface area contributed by atoms with Gasteiger partial charge in [0.25, 0.3) is 0 Å². The summed E-state index contributed by atoms with van der Waals surface area (Å²) in [5, 5.41) is 8.61. The Hall–Kier alpha value is -2.80. The van der Waals surface area contributed by atoms with Crippen molar-refractivity contribution in [2.75, 3.05) is 16.8 Å². The van der Waals surface area contributed by atoms with Gasteiger partial charge in [0, 0.05) is 45.1 Å². The Balaban J connectivity index is 0.00000147. The smallest absolute Gasteiger partial charge is 0.126 e. The second kappa shape index (κ2) is 14.4. The zero-order valence-corrected chi connectivity index (χ0v) is 26.1. The molecule has 1 aliphatic rings. The van der Waals surface area contributed by atoms with Crippen molar-refractivity contribution in [1.29, 1.82) is 0 Å². The molecule has 4 rings (SSSR count). The highest BCUT2D eigenvalue weighted by atomic mass is 35.5. The van der Waals surface area contributed by atoms with Gasteiger partial charge in [-0.25, -0.2) is 4.39 Å². The van der Waals surface area contributed by atoms with Crippen LogP contribution in [0, 0.1) is 18.7 Å². The monoisotopic (exact) mass is 614 g/mol. The second-order valence-electron chi connectivity index (χ2n) is 10.3. The number of rotatable bonds is 9. The fourth-order valence-corrected chi connectivity index (χ4v) is 6.30. The van der Waals surface area contributed by atoms with E-state index in [9.17, 15) is 4.39 Å². The van der Waals surface area contributed by atoms with Gasteiger partial charge in [-0.2, -0.15) is 0 Å². The standard InChI is InChI=1S/C31H31Cl3FN3.C2H7N/c1-6-36-30-26(16-23(33)17-27(30)34)31(5)18-25(29(37-31)14-21-10-8-9-11-28(21)35)20(4)38(7-2)24-13-19(3)12-22(32)15-24;1-2-3/h6-13,15-17,25,29,36-37H,1-2,4,14,18H2,3,5H3;2-3H2,1H3. The number of benzene rings is 3. The van der Waals surface area contributed by atoms with Crippen LogP contribution >= 0.6 is 34.8 Å². The van der Waals surface area contributed by atoms with Crippen LogP contribution in [0.1, 0.15) is 37.0 Å². The van der Waals surface area contributed by atoms with Crippen LogP contribution in [0.4, 0.5) is 15.8 Å². The van der Waals surface area contributed by atoms with Crippen molar-refractivity contribution in [3.8, 4) is 0 Å². The number of aryl methyl sites for hydroxylation is 1. The molecule has 3 aromatic carbocycles. The van der Waals surface area contributed by atoms with Gasteiger partial charge in [-0.1, -0.05) is 79.7 Å². The lowest BCUT2D eigenvalue weighted by molar-refractivity contribution is 0.404. The van der Waals surface area contributed by atoms with Crippen LogP contribution in [0.5, 0.6) is 0 Å². The average Bonchev–Trinajstić information content (AvgIpc) is 3.24. The predicted octanol–water partition coefficient (Wildman–Crippen LogP) is 9.21. The first-order chi connectivity index (χ1) is 19.5. The predicted molar refractivity (Wildman–Crippen MR) is 176 cm³/mol.